The van der Waals surface area contributed by atoms with E-state index in [1.807, 2.05) is 13.8 Å². The van der Waals surface area contributed by atoms with Gasteiger partial charge in [-0.25, -0.2) is 9.78 Å². The van der Waals surface area contributed by atoms with E-state index in [-0.39, 0.29) is 24.0 Å². The Morgan fingerprint density at radius 1 is 1.21 bits per heavy atom. The molecule has 1 saturated carbocycles. The highest BCUT2D eigenvalue weighted by atomic mass is 32.1. The van der Waals surface area contributed by atoms with Gasteiger partial charge < -0.3 is 10.1 Å². The van der Waals surface area contributed by atoms with Crippen LogP contribution in [0, 0.1) is 5.92 Å². The fourth-order valence-corrected chi connectivity index (χ4v) is 5.08. The number of nitrogens with one attached hydrogen (secondary N) is 1. The van der Waals surface area contributed by atoms with Crippen molar-refractivity contribution in [2.24, 2.45) is 5.92 Å². The third kappa shape index (κ3) is 5.84. The second kappa shape index (κ2) is 10.2. The van der Waals surface area contributed by atoms with E-state index in [0.717, 1.165) is 17.8 Å². The number of benzene rings is 1. The smallest absolute Gasteiger partial charge is 0.338 e. The largest absolute Gasteiger partial charge is 0.456 e. The van der Waals surface area contributed by atoms with Gasteiger partial charge in [0, 0.05) is 24.1 Å². The van der Waals surface area contributed by atoms with Crippen molar-refractivity contribution >= 4 is 33.9 Å². The number of hydrogen-bond donors (Lipinski definition) is 1. The van der Waals surface area contributed by atoms with Crippen LogP contribution in [-0.4, -0.2) is 26.5 Å². The Bertz CT molecular complexity index is 1210. The maximum atomic E-state index is 12.5. The summed E-state index contributed by atoms with van der Waals surface area (Å²) in [4.78, 5) is 42.0. The van der Waals surface area contributed by atoms with Gasteiger partial charge in [-0.1, -0.05) is 50.5 Å². The number of hydrogen-bond acceptors (Lipinski definition) is 7. The highest BCUT2D eigenvalue weighted by molar-refractivity contribution is 7.16. The summed E-state index contributed by atoms with van der Waals surface area (Å²) < 4.78 is 6.72. The van der Waals surface area contributed by atoms with E-state index < -0.39 is 5.97 Å². The lowest BCUT2D eigenvalue weighted by Gasteiger charge is -2.18. The lowest BCUT2D eigenvalue weighted by Crippen LogP contribution is -2.17. The quantitative estimate of drug-likeness (QED) is 0.511. The topological polar surface area (TPSA) is 103 Å². The lowest BCUT2D eigenvalue weighted by atomic mass is 9.90. The molecule has 0 aliphatic heterocycles. The third-order valence-electron chi connectivity index (χ3n) is 5.59. The van der Waals surface area contributed by atoms with Crippen molar-refractivity contribution in [1.82, 2.24) is 14.6 Å². The Balaban J connectivity index is 1.42. The summed E-state index contributed by atoms with van der Waals surface area (Å²) in [5, 5.41) is 8.23. The molecule has 0 spiro atoms. The van der Waals surface area contributed by atoms with E-state index in [4.69, 9.17) is 4.74 Å². The zero-order valence-corrected chi connectivity index (χ0v) is 19.7. The number of carbonyl (C=O) groups excluding carboxylic acids is 2. The van der Waals surface area contributed by atoms with Gasteiger partial charge in [-0.3, -0.25) is 9.59 Å². The van der Waals surface area contributed by atoms with Gasteiger partial charge in [0.1, 0.15) is 11.6 Å². The van der Waals surface area contributed by atoms with Crippen molar-refractivity contribution in [2.45, 2.75) is 64.9 Å². The highest BCUT2D eigenvalue weighted by Gasteiger charge is 2.21. The van der Waals surface area contributed by atoms with Crippen LogP contribution in [0.2, 0.25) is 0 Å². The van der Waals surface area contributed by atoms with Gasteiger partial charge in [0.05, 0.1) is 11.3 Å². The monoisotopic (exact) mass is 468 g/mol. The van der Waals surface area contributed by atoms with Crippen molar-refractivity contribution < 1.29 is 14.3 Å². The van der Waals surface area contributed by atoms with Crippen molar-refractivity contribution in [3.05, 3.63) is 57.0 Å². The number of rotatable bonds is 7. The first-order valence-electron chi connectivity index (χ1n) is 11.4. The first-order valence-corrected chi connectivity index (χ1v) is 12.2. The predicted molar refractivity (Wildman–Crippen MR) is 127 cm³/mol. The molecule has 0 saturated heterocycles. The summed E-state index contributed by atoms with van der Waals surface area (Å²) in [5.41, 5.74) is 0.952. The van der Waals surface area contributed by atoms with Crippen LogP contribution in [0.15, 0.2) is 35.1 Å². The maximum absolute atomic E-state index is 12.5. The van der Waals surface area contributed by atoms with Gasteiger partial charge in [-0.2, -0.15) is 9.61 Å². The summed E-state index contributed by atoms with van der Waals surface area (Å²) in [6, 6.07) is 7.95. The van der Waals surface area contributed by atoms with Crippen LogP contribution in [0.1, 0.15) is 79.3 Å². The van der Waals surface area contributed by atoms with Crippen molar-refractivity contribution in [3.63, 3.8) is 0 Å². The molecule has 1 aromatic carbocycles. The summed E-state index contributed by atoms with van der Waals surface area (Å²) in [6.45, 7) is 3.81. The standard InChI is InChI=1S/C24H28N4O4S/c1-15(2)11-20(29)25-18-10-6-9-17(12-18)23(31)32-14-19-13-21(30)28-24(26-19)33-22(27-28)16-7-4-3-5-8-16/h6,9-10,12-13,15-16H,3-5,7-8,11,14H2,1-2H3,(H,25,29). The van der Waals surface area contributed by atoms with E-state index in [2.05, 4.69) is 15.4 Å². The molecular formula is C24H28N4O4S. The molecule has 33 heavy (non-hydrogen) atoms. The number of anilines is 1. The molecule has 9 heteroatoms. The Kier molecular flexibility index (Phi) is 7.17. The second-order valence-corrected chi connectivity index (χ2v) is 9.85. The first-order chi connectivity index (χ1) is 15.9. The summed E-state index contributed by atoms with van der Waals surface area (Å²) in [7, 11) is 0. The van der Waals surface area contributed by atoms with E-state index in [0.29, 0.717) is 34.2 Å². The Morgan fingerprint density at radius 2 is 2.00 bits per heavy atom. The number of aromatic nitrogens is 3. The highest BCUT2D eigenvalue weighted by Crippen LogP contribution is 2.34. The number of fused-ring (bicyclic) bond motifs is 1. The average Bonchev–Trinajstić information content (AvgIpc) is 3.22. The van der Waals surface area contributed by atoms with Crippen LogP contribution < -0.4 is 10.9 Å². The number of ether oxygens (including phenoxy) is 1. The van der Waals surface area contributed by atoms with E-state index in [1.54, 1.807) is 24.3 Å². The fourth-order valence-electron chi connectivity index (χ4n) is 3.99. The first kappa shape index (κ1) is 23.1. The number of esters is 1. The molecule has 174 valence electrons. The Hall–Kier alpha value is -3.07. The molecule has 4 rings (SSSR count). The molecule has 1 aliphatic rings. The molecule has 1 aliphatic carbocycles. The number of carbonyl (C=O) groups is 2. The van der Waals surface area contributed by atoms with Gasteiger partial charge in [0.25, 0.3) is 5.56 Å². The Labute approximate surface area is 196 Å². The number of amides is 1. The van der Waals surface area contributed by atoms with Crippen LogP contribution in [0.4, 0.5) is 5.69 Å². The van der Waals surface area contributed by atoms with Gasteiger partial charge in [-0.15, -0.1) is 0 Å². The van der Waals surface area contributed by atoms with Crippen LogP contribution in [-0.2, 0) is 16.1 Å². The summed E-state index contributed by atoms with van der Waals surface area (Å²) in [6.07, 6.45) is 6.21. The molecule has 0 bridgehead atoms. The molecule has 3 aromatic rings. The zero-order chi connectivity index (χ0) is 23.4. The van der Waals surface area contributed by atoms with Gasteiger partial charge in [0.15, 0.2) is 0 Å². The molecule has 1 N–H and O–H groups in total. The van der Waals surface area contributed by atoms with E-state index in [1.165, 1.54) is 41.2 Å². The van der Waals surface area contributed by atoms with Crippen molar-refractivity contribution in [1.29, 1.82) is 0 Å². The molecule has 2 heterocycles. The van der Waals surface area contributed by atoms with Gasteiger partial charge >= 0.3 is 5.97 Å². The SMILES string of the molecule is CC(C)CC(=O)Nc1cccc(C(=O)OCc2cc(=O)n3nc(C4CCCCC4)sc3n2)c1. The minimum atomic E-state index is -0.552. The average molecular weight is 469 g/mol. The summed E-state index contributed by atoms with van der Waals surface area (Å²) >= 11 is 1.43. The number of nitrogens with zero attached hydrogens (tertiary/aromatic N) is 3. The molecule has 1 fully saturated rings. The molecule has 0 unspecified atom stereocenters. The molecule has 0 atom stereocenters. The predicted octanol–water partition coefficient (Wildman–Crippen LogP) is 4.54. The second-order valence-electron chi connectivity index (χ2n) is 8.86. The Morgan fingerprint density at radius 3 is 2.76 bits per heavy atom. The van der Waals surface area contributed by atoms with Gasteiger partial charge in [0.2, 0.25) is 10.9 Å². The fraction of sp³-hybridized carbons (Fsp3) is 0.458. The normalized spacial score (nSPS) is 14.5. The van der Waals surface area contributed by atoms with Crippen LogP contribution in [0.25, 0.3) is 4.96 Å². The summed E-state index contributed by atoms with van der Waals surface area (Å²) in [5.74, 6) is -0.0291. The molecule has 0 radical (unpaired) electrons. The molecule has 8 nitrogen and oxygen atoms in total. The minimum Gasteiger partial charge on any atom is -0.456 e. The maximum Gasteiger partial charge on any atom is 0.338 e. The van der Waals surface area contributed by atoms with E-state index >= 15 is 0 Å². The molecule has 2 aromatic heterocycles. The van der Waals surface area contributed by atoms with Crippen LogP contribution >= 0.6 is 11.3 Å². The van der Waals surface area contributed by atoms with Crippen LogP contribution in [0.5, 0.6) is 0 Å². The molecule has 1 amide bonds. The zero-order valence-electron chi connectivity index (χ0n) is 18.9. The molecular weight excluding hydrogens is 440 g/mol. The van der Waals surface area contributed by atoms with Crippen LogP contribution in [0.3, 0.4) is 0 Å². The van der Waals surface area contributed by atoms with Crippen molar-refractivity contribution in [3.8, 4) is 0 Å². The van der Waals surface area contributed by atoms with Gasteiger partial charge in [-0.05, 0) is 37.0 Å². The van der Waals surface area contributed by atoms with E-state index in [9.17, 15) is 14.4 Å². The third-order valence-corrected chi connectivity index (χ3v) is 6.67. The minimum absolute atomic E-state index is 0.106. The lowest BCUT2D eigenvalue weighted by molar-refractivity contribution is -0.116. The van der Waals surface area contributed by atoms with Crippen molar-refractivity contribution in [2.75, 3.05) is 5.32 Å².